The van der Waals surface area contributed by atoms with Crippen molar-refractivity contribution >= 4 is 39.0 Å². The number of fused-ring (bicyclic) bond motifs is 2. The topological polar surface area (TPSA) is 54.8 Å². The SMILES string of the molecule is CCc1nc2ccccc2nc1-c1ccc(C2=CCC(N(c3ccccc3)c3ccc(-c4ccc(-c5nc6ccccc6nc5CC)cc4)cc3)C=C2)cc1. The highest BCUT2D eigenvalue weighted by molar-refractivity contribution is 5.82. The summed E-state index contributed by atoms with van der Waals surface area (Å²) in [6.45, 7) is 4.28. The molecule has 0 spiro atoms. The summed E-state index contributed by atoms with van der Waals surface area (Å²) in [4.78, 5) is 22.2. The van der Waals surface area contributed by atoms with Crippen molar-refractivity contribution in [3.8, 4) is 33.6 Å². The van der Waals surface area contributed by atoms with Crippen LogP contribution in [0.1, 0.15) is 37.2 Å². The summed E-state index contributed by atoms with van der Waals surface area (Å²) in [7, 11) is 0. The molecule has 1 atom stereocenters. The highest BCUT2D eigenvalue weighted by atomic mass is 15.2. The van der Waals surface area contributed by atoms with Crippen LogP contribution in [0.25, 0.3) is 61.3 Å². The molecular formula is C50H41N5. The second-order valence-corrected chi connectivity index (χ2v) is 14.0. The molecule has 5 nitrogen and oxygen atoms in total. The number of hydrogen-bond donors (Lipinski definition) is 0. The van der Waals surface area contributed by atoms with Gasteiger partial charge in [0.25, 0.3) is 0 Å². The van der Waals surface area contributed by atoms with Crippen molar-refractivity contribution in [2.75, 3.05) is 4.90 Å². The Kier molecular flexibility index (Phi) is 9.27. The fraction of sp³-hybridized carbons (Fsp3) is 0.120. The number of benzene rings is 6. The van der Waals surface area contributed by atoms with Crippen LogP contribution in [0.5, 0.6) is 0 Å². The van der Waals surface area contributed by atoms with Crippen LogP contribution in [0.3, 0.4) is 0 Å². The van der Waals surface area contributed by atoms with Gasteiger partial charge in [0.2, 0.25) is 0 Å². The molecule has 2 heterocycles. The number of para-hydroxylation sites is 5. The first-order chi connectivity index (χ1) is 27.1. The summed E-state index contributed by atoms with van der Waals surface area (Å²) in [5.41, 5.74) is 17.0. The molecule has 0 saturated carbocycles. The van der Waals surface area contributed by atoms with E-state index < -0.39 is 0 Å². The fourth-order valence-electron chi connectivity index (χ4n) is 7.62. The first-order valence-corrected chi connectivity index (χ1v) is 19.2. The van der Waals surface area contributed by atoms with Crippen molar-refractivity contribution < 1.29 is 0 Å². The molecule has 1 unspecified atom stereocenters. The highest BCUT2D eigenvalue weighted by Gasteiger charge is 2.21. The molecule has 0 bridgehead atoms. The van der Waals surface area contributed by atoms with Crippen LogP contribution < -0.4 is 4.90 Å². The second-order valence-electron chi connectivity index (χ2n) is 14.0. The quantitative estimate of drug-likeness (QED) is 0.149. The Morgan fingerprint density at radius 3 is 1.35 bits per heavy atom. The molecule has 2 aromatic heterocycles. The number of rotatable bonds is 9. The zero-order chi connectivity index (χ0) is 37.1. The van der Waals surface area contributed by atoms with Gasteiger partial charge in [0, 0.05) is 22.5 Å². The van der Waals surface area contributed by atoms with Crippen molar-refractivity contribution in [1.29, 1.82) is 0 Å². The van der Waals surface area contributed by atoms with E-state index >= 15 is 0 Å². The number of aromatic nitrogens is 4. The molecule has 8 aromatic rings. The monoisotopic (exact) mass is 711 g/mol. The van der Waals surface area contributed by atoms with E-state index in [2.05, 4.69) is 140 Å². The van der Waals surface area contributed by atoms with Crippen molar-refractivity contribution in [2.45, 2.75) is 39.2 Å². The van der Waals surface area contributed by atoms with E-state index in [1.165, 1.54) is 28.0 Å². The number of aryl methyl sites for hydroxylation is 2. The summed E-state index contributed by atoms with van der Waals surface area (Å²) in [6.07, 6.45) is 9.53. The smallest absolute Gasteiger partial charge is 0.0925 e. The van der Waals surface area contributed by atoms with Gasteiger partial charge in [-0.2, -0.15) is 0 Å². The molecule has 55 heavy (non-hydrogen) atoms. The minimum atomic E-state index is 0.173. The third kappa shape index (κ3) is 6.81. The molecule has 9 rings (SSSR count). The molecule has 5 heteroatoms. The van der Waals surface area contributed by atoms with Crippen LogP contribution in [0.2, 0.25) is 0 Å². The zero-order valence-electron chi connectivity index (χ0n) is 31.1. The molecule has 0 N–H and O–H groups in total. The molecule has 1 aliphatic rings. The van der Waals surface area contributed by atoms with Crippen molar-refractivity contribution in [2.24, 2.45) is 0 Å². The Hall–Kier alpha value is -6.72. The summed E-state index contributed by atoms with van der Waals surface area (Å²) in [6, 6.07) is 53.5. The molecule has 6 aromatic carbocycles. The van der Waals surface area contributed by atoms with E-state index in [4.69, 9.17) is 19.9 Å². The Morgan fingerprint density at radius 1 is 0.455 bits per heavy atom. The molecule has 0 fully saturated rings. The van der Waals surface area contributed by atoms with Crippen molar-refractivity contribution in [3.05, 3.63) is 187 Å². The van der Waals surface area contributed by atoms with E-state index in [1.54, 1.807) is 0 Å². The fourth-order valence-corrected chi connectivity index (χ4v) is 7.62. The van der Waals surface area contributed by atoms with Gasteiger partial charge in [-0.25, -0.2) is 19.9 Å². The van der Waals surface area contributed by atoms with Crippen molar-refractivity contribution in [1.82, 2.24) is 19.9 Å². The van der Waals surface area contributed by atoms with E-state index in [-0.39, 0.29) is 6.04 Å². The van der Waals surface area contributed by atoms with E-state index in [9.17, 15) is 0 Å². The zero-order valence-corrected chi connectivity index (χ0v) is 31.1. The maximum atomic E-state index is 5.00. The average molecular weight is 712 g/mol. The predicted molar refractivity (Wildman–Crippen MR) is 228 cm³/mol. The van der Waals surface area contributed by atoms with Gasteiger partial charge in [0.1, 0.15) is 0 Å². The number of nitrogens with zero attached hydrogens (tertiary/aromatic N) is 5. The van der Waals surface area contributed by atoms with Crippen LogP contribution in [-0.4, -0.2) is 26.0 Å². The standard InChI is InChI=1S/C50H41N5/c1-3-43-49(53-47-16-10-8-14-45(47)51-43)38-22-18-34(19-23-38)36-26-30-41(31-27-36)55(40-12-6-5-7-13-40)42-32-28-37(29-33-42)35-20-24-39(25-21-35)50-44(4-2)52-46-15-9-11-17-48(46)54-50/h5-32,42H,3-4,33H2,1-2H3. The van der Waals surface area contributed by atoms with Gasteiger partial charge in [-0.1, -0.05) is 135 Å². The summed E-state index contributed by atoms with van der Waals surface area (Å²) in [5.74, 6) is 0. The van der Waals surface area contributed by atoms with Gasteiger partial charge < -0.3 is 4.90 Å². The lowest BCUT2D eigenvalue weighted by Gasteiger charge is -2.33. The van der Waals surface area contributed by atoms with Gasteiger partial charge in [-0.05, 0) is 90.1 Å². The van der Waals surface area contributed by atoms with E-state index in [0.29, 0.717) is 0 Å². The van der Waals surface area contributed by atoms with Gasteiger partial charge in [0.15, 0.2) is 0 Å². The van der Waals surface area contributed by atoms with Crippen molar-refractivity contribution in [3.63, 3.8) is 0 Å². The largest absolute Gasteiger partial charge is 0.334 e. The lowest BCUT2D eigenvalue weighted by molar-refractivity contribution is 0.787. The molecular weight excluding hydrogens is 671 g/mol. The van der Waals surface area contributed by atoms with Gasteiger partial charge in [-0.15, -0.1) is 0 Å². The number of hydrogen-bond acceptors (Lipinski definition) is 5. The van der Waals surface area contributed by atoms with Gasteiger partial charge in [-0.3, -0.25) is 0 Å². The summed E-state index contributed by atoms with van der Waals surface area (Å²) < 4.78 is 0. The first kappa shape index (κ1) is 34.1. The lowest BCUT2D eigenvalue weighted by atomic mass is 9.94. The minimum absolute atomic E-state index is 0.173. The Labute approximate surface area is 322 Å². The summed E-state index contributed by atoms with van der Waals surface area (Å²) >= 11 is 0. The molecule has 1 aliphatic carbocycles. The Balaban J connectivity index is 0.942. The van der Waals surface area contributed by atoms with Crippen LogP contribution >= 0.6 is 0 Å². The maximum Gasteiger partial charge on any atom is 0.0925 e. The van der Waals surface area contributed by atoms with Crippen LogP contribution in [-0.2, 0) is 12.8 Å². The number of anilines is 2. The highest BCUT2D eigenvalue weighted by Crippen LogP contribution is 2.36. The summed E-state index contributed by atoms with van der Waals surface area (Å²) in [5, 5.41) is 0. The minimum Gasteiger partial charge on any atom is -0.334 e. The predicted octanol–water partition coefficient (Wildman–Crippen LogP) is 12.2. The maximum absolute atomic E-state index is 5.00. The lowest BCUT2D eigenvalue weighted by Crippen LogP contribution is -2.30. The Morgan fingerprint density at radius 2 is 0.873 bits per heavy atom. The van der Waals surface area contributed by atoms with Crippen LogP contribution in [0.4, 0.5) is 11.4 Å². The van der Waals surface area contributed by atoms with Gasteiger partial charge in [0.05, 0.1) is 50.9 Å². The van der Waals surface area contributed by atoms with Gasteiger partial charge >= 0.3 is 0 Å². The number of allylic oxidation sites excluding steroid dienone is 2. The second kappa shape index (κ2) is 15.0. The molecule has 0 aliphatic heterocycles. The average Bonchev–Trinajstić information content (AvgIpc) is 3.26. The third-order valence-corrected chi connectivity index (χ3v) is 10.5. The van der Waals surface area contributed by atoms with Crippen LogP contribution in [0.15, 0.2) is 170 Å². The molecule has 0 amide bonds. The van der Waals surface area contributed by atoms with E-state index in [0.717, 1.165) is 80.9 Å². The molecule has 0 saturated heterocycles. The van der Waals surface area contributed by atoms with Crippen LogP contribution in [0, 0.1) is 0 Å². The Bertz CT molecular complexity index is 2680. The molecule has 0 radical (unpaired) electrons. The first-order valence-electron chi connectivity index (χ1n) is 19.2. The normalized spacial score (nSPS) is 13.9. The third-order valence-electron chi connectivity index (χ3n) is 10.5. The molecule has 266 valence electrons. The van der Waals surface area contributed by atoms with E-state index in [1.807, 2.05) is 48.5 Å².